The number of hydrogen-bond donors (Lipinski definition) is 4. The lowest BCUT2D eigenvalue weighted by Crippen LogP contribution is -2.22. The van der Waals surface area contributed by atoms with E-state index in [1.54, 1.807) is 6.07 Å². The standard InChI is InChI=1S/C19H21N5O3/c1-12-4-5-16(27-9-8-24-6-2-3-7-24)13(10-12)15-11-14(17(20)25)18(22-15)23-19(21)26/h2-7,10-11,22H,8-9H2,1H3,(H2,20,25)(H3,21,23,26). The van der Waals surface area contributed by atoms with Crippen molar-refractivity contribution in [2.24, 2.45) is 11.5 Å². The van der Waals surface area contributed by atoms with E-state index in [-0.39, 0.29) is 11.4 Å². The molecule has 0 spiro atoms. The summed E-state index contributed by atoms with van der Waals surface area (Å²) in [4.78, 5) is 25.8. The largest absolute Gasteiger partial charge is 0.491 e. The van der Waals surface area contributed by atoms with Crippen LogP contribution in [0.5, 0.6) is 5.75 Å². The molecule has 6 N–H and O–H groups in total. The predicted molar refractivity (Wildman–Crippen MR) is 103 cm³/mol. The maximum atomic E-state index is 11.7. The van der Waals surface area contributed by atoms with Crippen LogP contribution in [0.15, 0.2) is 48.8 Å². The number of urea groups is 1. The molecule has 0 atom stereocenters. The highest BCUT2D eigenvalue weighted by molar-refractivity contribution is 6.03. The van der Waals surface area contributed by atoms with Gasteiger partial charge < -0.3 is 25.8 Å². The molecule has 0 aliphatic heterocycles. The van der Waals surface area contributed by atoms with Crippen LogP contribution in [-0.4, -0.2) is 28.1 Å². The number of rotatable bonds is 7. The second-order valence-corrected chi connectivity index (χ2v) is 6.09. The molecule has 140 valence electrons. The van der Waals surface area contributed by atoms with Crippen molar-refractivity contribution >= 4 is 17.8 Å². The first-order valence-corrected chi connectivity index (χ1v) is 8.38. The summed E-state index contributed by atoms with van der Waals surface area (Å²) in [6.07, 6.45) is 3.93. The van der Waals surface area contributed by atoms with Crippen molar-refractivity contribution in [3.8, 4) is 17.0 Å². The van der Waals surface area contributed by atoms with Crippen molar-refractivity contribution in [2.75, 3.05) is 11.9 Å². The third kappa shape index (κ3) is 4.30. The summed E-state index contributed by atoms with van der Waals surface area (Å²) in [5, 5.41) is 2.38. The second-order valence-electron chi connectivity index (χ2n) is 6.09. The molecule has 8 nitrogen and oxygen atoms in total. The molecule has 0 aliphatic carbocycles. The first kappa shape index (κ1) is 18.1. The summed E-state index contributed by atoms with van der Waals surface area (Å²) in [5.41, 5.74) is 13.1. The minimum absolute atomic E-state index is 0.142. The molecule has 2 heterocycles. The van der Waals surface area contributed by atoms with E-state index in [0.29, 0.717) is 24.6 Å². The Bertz CT molecular complexity index is 960. The Hall–Kier alpha value is -3.68. The molecule has 27 heavy (non-hydrogen) atoms. The summed E-state index contributed by atoms with van der Waals surface area (Å²) >= 11 is 0. The fraction of sp³-hybridized carbons (Fsp3) is 0.158. The topological polar surface area (TPSA) is 128 Å². The molecule has 0 aliphatic rings. The van der Waals surface area contributed by atoms with Crippen LogP contribution in [0.1, 0.15) is 15.9 Å². The van der Waals surface area contributed by atoms with Crippen molar-refractivity contribution in [3.05, 3.63) is 59.9 Å². The summed E-state index contributed by atoms with van der Waals surface area (Å²) in [7, 11) is 0. The number of benzene rings is 1. The van der Waals surface area contributed by atoms with Gasteiger partial charge in [-0.05, 0) is 37.3 Å². The van der Waals surface area contributed by atoms with Crippen LogP contribution in [0.25, 0.3) is 11.3 Å². The molecular formula is C19H21N5O3. The number of nitrogens with zero attached hydrogens (tertiary/aromatic N) is 1. The Morgan fingerprint density at radius 3 is 2.59 bits per heavy atom. The number of aryl methyl sites for hydroxylation is 1. The number of ether oxygens (including phenoxy) is 1. The molecule has 8 heteroatoms. The molecule has 1 aromatic carbocycles. The minimum atomic E-state index is -0.793. The average Bonchev–Trinajstić information content (AvgIpc) is 3.25. The van der Waals surface area contributed by atoms with Gasteiger partial charge in [-0.25, -0.2) is 4.79 Å². The Kier molecular flexibility index (Phi) is 5.16. The number of H-pyrrole nitrogens is 1. The normalized spacial score (nSPS) is 10.6. The highest BCUT2D eigenvalue weighted by atomic mass is 16.5. The Balaban J connectivity index is 1.89. The number of carbonyl (C=O) groups excluding carboxylic acids is 2. The van der Waals surface area contributed by atoms with Gasteiger partial charge in [0.25, 0.3) is 5.91 Å². The van der Waals surface area contributed by atoms with Crippen LogP contribution < -0.4 is 21.5 Å². The Morgan fingerprint density at radius 2 is 1.93 bits per heavy atom. The molecule has 0 radical (unpaired) electrons. The van der Waals surface area contributed by atoms with Crippen LogP contribution >= 0.6 is 0 Å². The van der Waals surface area contributed by atoms with E-state index in [1.165, 1.54) is 0 Å². The summed E-state index contributed by atoms with van der Waals surface area (Å²) in [5.74, 6) is 0.129. The number of hydrogen-bond acceptors (Lipinski definition) is 3. The molecule has 0 bridgehead atoms. The first-order chi connectivity index (χ1) is 12.9. The summed E-state index contributed by atoms with van der Waals surface area (Å²) in [6.45, 7) is 3.13. The maximum absolute atomic E-state index is 11.7. The number of aromatic amines is 1. The van der Waals surface area contributed by atoms with Gasteiger partial charge in [-0.15, -0.1) is 0 Å². The lowest BCUT2D eigenvalue weighted by atomic mass is 10.1. The van der Waals surface area contributed by atoms with E-state index in [4.69, 9.17) is 16.2 Å². The number of nitrogens with one attached hydrogen (secondary N) is 2. The molecule has 0 fully saturated rings. The summed E-state index contributed by atoms with van der Waals surface area (Å²) in [6, 6.07) is 10.4. The molecule has 3 amide bonds. The lowest BCUT2D eigenvalue weighted by molar-refractivity contribution is 0.100. The Morgan fingerprint density at radius 1 is 1.19 bits per heavy atom. The van der Waals surface area contributed by atoms with Crippen LogP contribution in [0.3, 0.4) is 0 Å². The molecule has 0 saturated carbocycles. The van der Waals surface area contributed by atoms with Crippen molar-refractivity contribution in [3.63, 3.8) is 0 Å². The molecular weight excluding hydrogens is 346 g/mol. The van der Waals surface area contributed by atoms with Gasteiger partial charge in [-0.2, -0.15) is 0 Å². The molecule has 3 aromatic rings. The van der Waals surface area contributed by atoms with Crippen molar-refractivity contribution in [1.29, 1.82) is 0 Å². The van der Waals surface area contributed by atoms with Gasteiger partial charge in [-0.1, -0.05) is 11.6 Å². The molecule has 2 aromatic heterocycles. The first-order valence-electron chi connectivity index (χ1n) is 8.38. The van der Waals surface area contributed by atoms with Crippen molar-refractivity contribution in [1.82, 2.24) is 9.55 Å². The number of nitrogens with two attached hydrogens (primary N) is 2. The summed E-state index contributed by atoms with van der Waals surface area (Å²) < 4.78 is 7.96. The van der Waals surface area contributed by atoms with Gasteiger partial charge in [-0.3, -0.25) is 10.1 Å². The average molecular weight is 367 g/mol. The zero-order chi connectivity index (χ0) is 19.4. The Labute approximate surface area is 156 Å². The lowest BCUT2D eigenvalue weighted by Gasteiger charge is -2.12. The molecule has 3 rings (SSSR count). The van der Waals surface area contributed by atoms with Gasteiger partial charge in [0.2, 0.25) is 0 Å². The zero-order valence-electron chi connectivity index (χ0n) is 14.9. The van der Waals surface area contributed by atoms with Crippen LogP contribution in [0.2, 0.25) is 0 Å². The highest BCUT2D eigenvalue weighted by Gasteiger charge is 2.17. The number of aromatic nitrogens is 2. The zero-order valence-corrected chi connectivity index (χ0v) is 14.9. The van der Waals surface area contributed by atoms with E-state index in [1.807, 2.05) is 54.2 Å². The van der Waals surface area contributed by atoms with E-state index in [0.717, 1.165) is 11.1 Å². The number of carbonyl (C=O) groups is 2. The van der Waals surface area contributed by atoms with Gasteiger partial charge in [0, 0.05) is 18.0 Å². The highest BCUT2D eigenvalue weighted by Crippen LogP contribution is 2.33. The van der Waals surface area contributed by atoms with Crippen LogP contribution in [-0.2, 0) is 6.54 Å². The third-order valence-electron chi connectivity index (χ3n) is 4.03. The van der Waals surface area contributed by atoms with Gasteiger partial charge in [0.15, 0.2) is 0 Å². The quantitative estimate of drug-likeness (QED) is 0.512. The van der Waals surface area contributed by atoms with E-state index in [2.05, 4.69) is 10.3 Å². The van der Waals surface area contributed by atoms with E-state index < -0.39 is 11.9 Å². The van der Waals surface area contributed by atoms with Gasteiger partial charge >= 0.3 is 6.03 Å². The number of primary amides is 2. The maximum Gasteiger partial charge on any atom is 0.317 e. The minimum Gasteiger partial charge on any atom is -0.491 e. The van der Waals surface area contributed by atoms with Crippen LogP contribution in [0, 0.1) is 6.92 Å². The SMILES string of the molecule is Cc1ccc(OCCn2cccc2)c(-c2cc(C(N)=O)c(NC(N)=O)[nH]2)c1. The predicted octanol–water partition coefficient (Wildman–Crippen LogP) is 2.46. The van der Waals surface area contributed by atoms with Crippen LogP contribution in [0.4, 0.5) is 10.6 Å². The van der Waals surface area contributed by atoms with E-state index >= 15 is 0 Å². The number of anilines is 1. The van der Waals surface area contributed by atoms with Gasteiger partial charge in [0.05, 0.1) is 17.8 Å². The fourth-order valence-corrected chi connectivity index (χ4v) is 2.78. The van der Waals surface area contributed by atoms with E-state index in [9.17, 15) is 9.59 Å². The van der Waals surface area contributed by atoms with Gasteiger partial charge in [0.1, 0.15) is 18.2 Å². The monoisotopic (exact) mass is 367 g/mol. The third-order valence-corrected chi connectivity index (χ3v) is 4.03. The van der Waals surface area contributed by atoms with Crippen molar-refractivity contribution in [2.45, 2.75) is 13.5 Å². The fourth-order valence-electron chi connectivity index (χ4n) is 2.78. The number of amides is 3. The smallest absolute Gasteiger partial charge is 0.317 e. The second kappa shape index (κ2) is 7.69. The van der Waals surface area contributed by atoms with Crippen molar-refractivity contribution < 1.29 is 14.3 Å². The molecule has 0 saturated heterocycles. The molecule has 0 unspecified atom stereocenters.